The third kappa shape index (κ3) is 2.89. The molecule has 0 aliphatic rings. The first kappa shape index (κ1) is 12.9. The van der Waals surface area contributed by atoms with Gasteiger partial charge in [-0.1, -0.05) is 19.0 Å². The first-order valence-corrected chi connectivity index (χ1v) is 5.03. The Bertz CT molecular complexity index is 468. The SMILES string of the molecule is CO/N=C(\C(=[N+]=[N-])C(=O)C(C)C)c1ccco1. The molecule has 0 N–H and O–H groups in total. The number of carbonyl (C=O) groups excluding carboxylic acids is 1. The summed E-state index contributed by atoms with van der Waals surface area (Å²) in [6, 6.07) is 3.23. The van der Waals surface area contributed by atoms with Gasteiger partial charge in [0.2, 0.25) is 11.5 Å². The molecule has 90 valence electrons. The molecule has 0 fully saturated rings. The van der Waals surface area contributed by atoms with E-state index in [0.29, 0.717) is 5.76 Å². The maximum atomic E-state index is 11.8. The second-order valence-corrected chi connectivity index (χ2v) is 3.57. The van der Waals surface area contributed by atoms with Gasteiger partial charge in [-0.2, -0.15) is 4.79 Å². The molecule has 0 amide bonds. The van der Waals surface area contributed by atoms with Gasteiger partial charge in [0.15, 0.2) is 5.76 Å². The van der Waals surface area contributed by atoms with E-state index in [1.807, 2.05) is 0 Å². The monoisotopic (exact) mass is 235 g/mol. The van der Waals surface area contributed by atoms with E-state index < -0.39 is 0 Å². The highest BCUT2D eigenvalue weighted by Gasteiger charge is 2.32. The van der Waals surface area contributed by atoms with Crippen molar-refractivity contribution in [2.24, 2.45) is 11.1 Å². The van der Waals surface area contributed by atoms with Crippen LogP contribution in [0.1, 0.15) is 19.6 Å². The number of oxime groups is 1. The molecule has 0 saturated carbocycles. The van der Waals surface area contributed by atoms with E-state index in [-0.39, 0.29) is 23.1 Å². The van der Waals surface area contributed by atoms with Gasteiger partial charge >= 0.3 is 5.71 Å². The van der Waals surface area contributed by atoms with Gasteiger partial charge in [0.1, 0.15) is 7.11 Å². The Balaban J connectivity index is 3.20. The minimum Gasteiger partial charge on any atom is -0.462 e. The normalized spacial score (nSPS) is 11.2. The second-order valence-electron chi connectivity index (χ2n) is 3.57. The average molecular weight is 235 g/mol. The minimum atomic E-state index is -0.347. The molecule has 1 rings (SSSR count). The van der Waals surface area contributed by atoms with E-state index in [1.54, 1.807) is 26.0 Å². The van der Waals surface area contributed by atoms with Crippen LogP contribution in [-0.4, -0.2) is 29.1 Å². The van der Waals surface area contributed by atoms with Crippen LogP contribution in [0.2, 0.25) is 0 Å². The lowest BCUT2D eigenvalue weighted by atomic mass is 10.0. The van der Waals surface area contributed by atoms with Crippen molar-refractivity contribution in [3.05, 3.63) is 29.7 Å². The van der Waals surface area contributed by atoms with E-state index in [9.17, 15) is 4.79 Å². The van der Waals surface area contributed by atoms with Gasteiger partial charge in [0, 0.05) is 5.92 Å². The van der Waals surface area contributed by atoms with Crippen molar-refractivity contribution in [1.82, 2.24) is 0 Å². The van der Waals surface area contributed by atoms with E-state index in [4.69, 9.17) is 9.95 Å². The third-order valence-electron chi connectivity index (χ3n) is 2.02. The molecule has 0 aromatic carbocycles. The Morgan fingerprint density at radius 3 is 2.71 bits per heavy atom. The summed E-state index contributed by atoms with van der Waals surface area (Å²) in [5.41, 5.74) is 8.81. The second kappa shape index (κ2) is 5.77. The first-order chi connectivity index (χ1) is 8.11. The van der Waals surface area contributed by atoms with Gasteiger partial charge in [-0.3, -0.25) is 4.79 Å². The molecule has 0 aliphatic carbocycles. The maximum absolute atomic E-state index is 11.8. The topological polar surface area (TPSA) is 88.2 Å². The highest BCUT2D eigenvalue weighted by atomic mass is 16.6. The molecule has 0 aliphatic heterocycles. The summed E-state index contributed by atoms with van der Waals surface area (Å²) in [6.45, 7) is 3.39. The Morgan fingerprint density at radius 1 is 1.59 bits per heavy atom. The fourth-order valence-electron chi connectivity index (χ4n) is 1.20. The zero-order valence-electron chi connectivity index (χ0n) is 9.88. The lowest BCUT2D eigenvalue weighted by Gasteiger charge is -2.00. The van der Waals surface area contributed by atoms with E-state index in [0.717, 1.165) is 0 Å². The predicted molar refractivity (Wildman–Crippen MR) is 60.7 cm³/mol. The number of rotatable bonds is 5. The van der Waals surface area contributed by atoms with Crippen LogP contribution in [0.3, 0.4) is 0 Å². The lowest BCUT2D eigenvalue weighted by molar-refractivity contribution is -0.119. The quantitative estimate of drug-likeness (QED) is 0.335. The minimum absolute atomic E-state index is 0.0682. The first-order valence-electron chi connectivity index (χ1n) is 5.03. The van der Waals surface area contributed by atoms with Crippen molar-refractivity contribution >= 4 is 17.2 Å². The van der Waals surface area contributed by atoms with Gasteiger partial charge < -0.3 is 14.8 Å². The molecule has 0 spiro atoms. The number of hydrogen-bond donors (Lipinski definition) is 0. The van der Waals surface area contributed by atoms with E-state index in [1.165, 1.54) is 13.4 Å². The van der Waals surface area contributed by atoms with Crippen LogP contribution in [-0.2, 0) is 9.63 Å². The predicted octanol–water partition coefficient (Wildman–Crippen LogP) is 1.53. The van der Waals surface area contributed by atoms with Crippen molar-refractivity contribution < 1.29 is 18.8 Å². The van der Waals surface area contributed by atoms with Gasteiger partial charge in [0.05, 0.1) is 6.26 Å². The maximum Gasteiger partial charge on any atom is 0.390 e. The van der Waals surface area contributed by atoms with Crippen LogP contribution in [0.15, 0.2) is 28.0 Å². The number of Topliss-reactive ketones (excluding diaryl/α,β-unsaturated/α-hetero) is 1. The summed E-state index contributed by atoms with van der Waals surface area (Å²) >= 11 is 0. The molecule has 1 aromatic rings. The molecule has 1 aromatic heterocycles. The van der Waals surface area contributed by atoms with Crippen molar-refractivity contribution in [2.45, 2.75) is 13.8 Å². The van der Waals surface area contributed by atoms with E-state index >= 15 is 0 Å². The van der Waals surface area contributed by atoms with Crippen LogP contribution in [0.4, 0.5) is 0 Å². The van der Waals surface area contributed by atoms with Gasteiger partial charge in [-0.15, -0.1) is 0 Å². The van der Waals surface area contributed by atoms with Crippen LogP contribution < -0.4 is 0 Å². The molecule has 0 saturated heterocycles. The number of nitrogens with zero attached hydrogens (tertiary/aromatic N) is 3. The highest BCUT2D eigenvalue weighted by molar-refractivity contribution is 6.68. The lowest BCUT2D eigenvalue weighted by Crippen LogP contribution is -2.29. The van der Waals surface area contributed by atoms with Gasteiger partial charge in [-0.25, -0.2) is 0 Å². The molecule has 6 heteroatoms. The molecule has 6 nitrogen and oxygen atoms in total. The van der Waals surface area contributed by atoms with Gasteiger partial charge in [0.25, 0.3) is 0 Å². The zero-order chi connectivity index (χ0) is 12.8. The Kier molecular flexibility index (Phi) is 4.37. The van der Waals surface area contributed by atoms with Crippen molar-refractivity contribution in [2.75, 3.05) is 7.11 Å². The van der Waals surface area contributed by atoms with Crippen molar-refractivity contribution in [3.8, 4) is 0 Å². The number of hydrogen-bond acceptors (Lipinski definition) is 4. The largest absolute Gasteiger partial charge is 0.462 e. The van der Waals surface area contributed by atoms with Crippen LogP contribution >= 0.6 is 0 Å². The molecular weight excluding hydrogens is 222 g/mol. The Morgan fingerprint density at radius 2 is 2.29 bits per heavy atom. The molecule has 0 unspecified atom stereocenters. The number of ketones is 1. The summed E-state index contributed by atoms with van der Waals surface area (Å²) in [5, 5.41) is 3.65. The van der Waals surface area contributed by atoms with Crippen molar-refractivity contribution in [3.63, 3.8) is 0 Å². The molecule has 17 heavy (non-hydrogen) atoms. The fourth-order valence-corrected chi connectivity index (χ4v) is 1.20. The van der Waals surface area contributed by atoms with Crippen LogP contribution in [0.5, 0.6) is 0 Å². The molecule has 1 heterocycles. The van der Waals surface area contributed by atoms with E-state index in [2.05, 4.69) is 14.8 Å². The summed E-state index contributed by atoms with van der Waals surface area (Å²) in [6.07, 6.45) is 1.43. The van der Waals surface area contributed by atoms with Crippen molar-refractivity contribution in [1.29, 1.82) is 0 Å². The molecular formula is C11H13N3O3. The highest BCUT2D eigenvalue weighted by Crippen LogP contribution is 2.07. The number of carbonyl (C=O) groups is 1. The fraction of sp³-hybridized carbons (Fsp3) is 0.364. The standard InChI is InChI=1S/C11H13N3O3/c1-7(2)11(15)10(13-12)9(14-16-3)8-5-4-6-17-8/h4-7H,1-3H3/b14-9-. The van der Waals surface area contributed by atoms with Crippen LogP contribution in [0.25, 0.3) is 5.53 Å². The third-order valence-corrected chi connectivity index (χ3v) is 2.02. The Hall–Kier alpha value is -2.20. The number of furan rings is 1. The molecule has 0 radical (unpaired) electrons. The summed E-state index contributed by atoms with van der Waals surface area (Å²) in [4.78, 5) is 19.4. The summed E-state index contributed by atoms with van der Waals surface area (Å²) in [7, 11) is 1.33. The summed E-state index contributed by atoms with van der Waals surface area (Å²) in [5.74, 6) is -0.369. The zero-order valence-corrected chi connectivity index (χ0v) is 9.88. The average Bonchev–Trinajstić information content (AvgIpc) is 2.81. The molecule has 0 atom stereocenters. The summed E-state index contributed by atoms with van der Waals surface area (Å²) < 4.78 is 5.11. The molecule has 0 bridgehead atoms. The smallest absolute Gasteiger partial charge is 0.390 e. The van der Waals surface area contributed by atoms with Crippen LogP contribution in [0, 0.1) is 5.92 Å². The van der Waals surface area contributed by atoms with Gasteiger partial charge in [-0.05, 0) is 12.1 Å². The Labute approximate surface area is 98.5 Å².